The molecule has 10 rings (SSSR count). The van der Waals surface area contributed by atoms with Crippen molar-refractivity contribution in [3.63, 3.8) is 0 Å². The van der Waals surface area contributed by atoms with Crippen LogP contribution in [0.25, 0.3) is 83.2 Å². The summed E-state index contributed by atoms with van der Waals surface area (Å²) in [6.45, 7) is 7.00. The zero-order chi connectivity index (χ0) is 36.6. The molecular weight excluding hydrogens is 867 g/mol. The number of pyridine rings is 1. The molecule has 4 nitrogen and oxygen atoms in total. The van der Waals surface area contributed by atoms with Gasteiger partial charge in [0.15, 0.2) is 0 Å². The van der Waals surface area contributed by atoms with Crippen molar-refractivity contribution in [1.82, 2.24) is 14.5 Å². The first-order chi connectivity index (χ1) is 26.4. The van der Waals surface area contributed by atoms with Crippen molar-refractivity contribution in [1.29, 1.82) is 0 Å². The van der Waals surface area contributed by atoms with Gasteiger partial charge in [0.25, 0.3) is 0 Å². The Morgan fingerprint density at radius 1 is 0.618 bits per heavy atom. The van der Waals surface area contributed by atoms with Crippen LogP contribution in [0, 0.1) is 12.1 Å². The topological polar surface area (TPSA) is 43.9 Å². The first-order valence-electron chi connectivity index (χ1n) is 18.2. The molecule has 0 N–H and O–H groups in total. The summed E-state index contributed by atoms with van der Waals surface area (Å²) in [4.78, 5) is 9.66. The van der Waals surface area contributed by atoms with Gasteiger partial charge in [0.05, 0.1) is 30.5 Å². The van der Waals surface area contributed by atoms with Gasteiger partial charge in [-0.25, -0.2) is 0 Å². The Morgan fingerprint density at radius 3 is 2.22 bits per heavy atom. The number of benzene rings is 7. The zero-order valence-corrected chi connectivity index (χ0v) is 34.1. The van der Waals surface area contributed by atoms with Gasteiger partial charge >= 0.3 is 0 Å². The van der Waals surface area contributed by atoms with Crippen molar-refractivity contribution < 1.29 is 24.5 Å². The summed E-state index contributed by atoms with van der Waals surface area (Å²) in [7, 11) is -1.23. The Balaban J connectivity index is 0.000000212. The van der Waals surface area contributed by atoms with Crippen molar-refractivity contribution in [2.75, 3.05) is 0 Å². The second-order valence-corrected chi connectivity index (χ2v) is 19.6. The van der Waals surface area contributed by atoms with Gasteiger partial charge in [0, 0.05) is 42.8 Å². The third-order valence-electron chi connectivity index (χ3n) is 9.94. The van der Waals surface area contributed by atoms with E-state index in [0.717, 1.165) is 66.7 Å². The van der Waals surface area contributed by atoms with Gasteiger partial charge in [-0.3, -0.25) is 4.98 Å². The molecule has 0 unspecified atom stereocenters. The van der Waals surface area contributed by atoms with Crippen LogP contribution >= 0.6 is 0 Å². The van der Waals surface area contributed by atoms with E-state index in [1.807, 2.05) is 60.8 Å². The average molecular weight is 904 g/mol. The molecular formula is C49H37IrN3OSi-2. The standard InChI is InChI=1S/C35H21N2O.C14H16NSi.Ir/c1-2-10-23(11-3-1)25-21-20-24-12-8-18-31(29(24)22-25)37-32-17-6-5-16-30(32)36-35(37)28-15-9-14-27-26-13-4-7-19-33(26)38-34(27)28;1-16(2,3)13-9-10-14(15-11-13)12-7-5-4-6-8-12;/h1-14,16-22H;4-7,9-11H,1-3H3;/q2*-1;. The Labute approximate surface area is 335 Å². The van der Waals surface area contributed by atoms with Crippen molar-refractivity contribution in [3.05, 3.63) is 182 Å². The number of hydrogen-bond donors (Lipinski definition) is 0. The van der Waals surface area contributed by atoms with Gasteiger partial charge in [-0.1, -0.05) is 128 Å². The summed E-state index contributed by atoms with van der Waals surface area (Å²) in [5.41, 5.74) is 10.0. The van der Waals surface area contributed by atoms with E-state index in [4.69, 9.17) is 9.40 Å². The molecule has 1 radical (unpaired) electrons. The third-order valence-corrected chi connectivity index (χ3v) is 12.0. The van der Waals surface area contributed by atoms with Crippen molar-refractivity contribution in [2.45, 2.75) is 19.6 Å². The maximum absolute atomic E-state index is 6.40. The fraction of sp³-hybridized carbons (Fsp3) is 0.0612. The maximum atomic E-state index is 6.40. The van der Waals surface area contributed by atoms with E-state index in [9.17, 15) is 0 Å². The fourth-order valence-electron chi connectivity index (χ4n) is 7.10. The second-order valence-electron chi connectivity index (χ2n) is 14.5. The van der Waals surface area contributed by atoms with E-state index in [0.29, 0.717) is 0 Å². The molecule has 55 heavy (non-hydrogen) atoms. The minimum absolute atomic E-state index is 0. The number of rotatable bonds is 5. The summed E-state index contributed by atoms with van der Waals surface area (Å²) in [6.07, 6.45) is 2.02. The fourth-order valence-corrected chi connectivity index (χ4v) is 8.14. The number of hydrogen-bond acceptors (Lipinski definition) is 3. The molecule has 0 spiro atoms. The predicted octanol–water partition coefficient (Wildman–Crippen LogP) is 12.3. The summed E-state index contributed by atoms with van der Waals surface area (Å²) in [5.74, 6) is 0.813. The van der Waals surface area contributed by atoms with Gasteiger partial charge < -0.3 is 14.0 Å². The Kier molecular flexibility index (Phi) is 9.89. The predicted molar refractivity (Wildman–Crippen MR) is 227 cm³/mol. The van der Waals surface area contributed by atoms with E-state index in [1.165, 1.54) is 21.7 Å². The third kappa shape index (κ3) is 6.97. The Morgan fingerprint density at radius 2 is 1.42 bits per heavy atom. The molecule has 0 saturated heterocycles. The van der Waals surface area contributed by atoms with E-state index < -0.39 is 8.07 Å². The molecule has 7 aromatic carbocycles. The molecule has 6 heteroatoms. The zero-order valence-electron chi connectivity index (χ0n) is 30.7. The van der Waals surface area contributed by atoms with Gasteiger partial charge in [0.2, 0.25) is 0 Å². The summed E-state index contributed by atoms with van der Waals surface area (Å²) >= 11 is 0. The molecule has 0 bridgehead atoms. The maximum Gasteiger partial charge on any atom is 0.120 e. The average Bonchev–Trinajstić information content (AvgIpc) is 3.80. The molecule has 0 saturated carbocycles. The Bertz CT molecular complexity index is 2910. The van der Waals surface area contributed by atoms with Gasteiger partial charge in [0.1, 0.15) is 5.58 Å². The van der Waals surface area contributed by atoms with Crippen molar-refractivity contribution >= 4 is 57.0 Å². The van der Waals surface area contributed by atoms with Crippen LogP contribution < -0.4 is 5.19 Å². The SMILES string of the molecule is C[Si](C)(C)c1ccc(-c2[c-]cccc2)nc1.[Ir].[c-]1ccc2c(oc3ccccc32)c1-c1nc2ccccc2n1-c1cccc2ccc(-c3ccccc3)cc12. The molecule has 0 aliphatic carbocycles. The number of aromatic nitrogens is 3. The molecule has 3 aromatic heterocycles. The van der Waals surface area contributed by atoms with Crippen molar-refractivity contribution in [3.8, 4) is 39.5 Å². The van der Waals surface area contributed by atoms with Crippen LogP contribution in [0.2, 0.25) is 19.6 Å². The van der Waals surface area contributed by atoms with Gasteiger partial charge in [-0.05, 0) is 57.7 Å². The number of fused-ring (bicyclic) bond motifs is 5. The molecule has 0 amide bonds. The normalized spacial score (nSPS) is 11.4. The quantitative estimate of drug-likeness (QED) is 0.128. The van der Waals surface area contributed by atoms with E-state index in [-0.39, 0.29) is 20.1 Å². The minimum atomic E-state index is -1.23. The van der Waals surface area contributed by atoms with E-state index >= 15 is 0 Å². The molecule has 3 heterocycles. The van der Waals surface area contributed by atoms with Crippen LogP contribution in [0.15, 0.2) is 174 Å². The van der Waals surface area contributed by atoms with Crippen molar-refractivity contribution in [2.24, 2.45) is 0 Å². The van der Waals surface area contributed by atoms with Crippen LogP contribution in [-0.4, -0.2) is 22.6 Å². The van der Waals surface area contributed by atoms with Gasteiger partial charge in [-0.2, -0.15) is 0 Å². The van der Waals surface area contributed by atoms with Crippen LogP contribution in [-0.2, 0) is 20.1 Å². The molecule has 0 atom stereocenters. The first kappa shape index (κ1) is 36.1. The smallest absolute Gasteiger partial charge is 0.120 e. The molecule has 269 valence electrons. The number of nitrogens with zero attached hydrogens (tertiary/aromatic N) is 3. The van der Waals surface area contributed by atoms with E-state index in [1.54, 1.807) is 0 Å². The second kappa shape index (κ2) is 15.1. The molecule has 0 aliphatic rings. The number of para-hydroxylation sites is 3. The summed E-state index contributed by atoms with van der Waals surface area (Å²) < 4.78 is 8.66. The summed E-state index contributed by atoms with van der Waals surface area (Å²) in [6, 6.07) is 63.0. The molecule has 0 fully saturated rings. The molecule has 0 aliphatic heterocycles. The summed E-state index contributed by atoms with van der Waals surface area (Å²) in [5, 5.41) is 5.90. The van der Waals surface area contributed by atoms with Gasteiger partial charge in [-0.15, -0.1) is 54.1 Å². The first-order valence-corrected chi connectivity index (χ1v) is 21.7. The van der Waals surface area contributed by atoms with Crippen LogP contribution in [0.1, 0.15) is 0 Å². The number of furan rings is 1. The molecule has 10 aromatic rings. The monoisotopic (exact) mass is 904 g/mol. The number of imidazole rings is 1. The van der Waals surface area contributed by atoms with E-state index in [2.05, 4.69) is 151 Å². The van der Waals surface area contributed by atoms with Crippen LogP contribution in [0.5, 0.6) is 0 Å². The van der Waals surface area contributed by atoms with Crippen LogP contribution in [0.4, 0.5) is 0 Å². The largest absolute Gasteiger partial charge is 0.501 e. The van der Waals surface area contributed by atoms with Crippen LogP contribution in [0.3, 0.4) is 0 Å². The Hall–Kier alpha value is -5.91. The minimum Gasteiger partial charge on any atom is -0.501 e.